The van der Waals surface area contributed by atoms with Crippen molar-refractivity contribution in [2.24, 2.45) is 0 Å². The van der Waals surface area contributed by atoms with Crippen LogP contribution in [0.4, 0.5) is 0 Å². The molecule has 0 amide bonds. The Morgan fingerprint density at radius 2 is 0.963 bits per heavy atom. The molecule has 54 heavy (non-hydrogen) atoms. The Bertz CT molecular complexity index is 1520. The molecule has 0 atom stereocenters. The van der Waals surface area contributed by atoms with Crippen molar-refractivity contribution in [1.29, 1.82) is 0 Å². The predicted octanol–water partition coefficient (Wildman–Crippen LogP) is 8.98. The van der Waals surface area contributed by atoms with E-state index in [1.807, 2.05) is 72.8 Å². The number of benzene rings is 4. The summed E-state index contributed by atoms with van der Waals surface area (Å²) in [6.45, 7) is 6.44. The summed E-state index contributed by atoms with van der Waals surface area (Å²) in [5.41, 5.74) is 5.14. The summed E-state index contributed by atoms with van der Waals surface area (Å²) in [5.74, 6) is 0. The third-order valence-corrected chi connectivity index (χ3v) is 9.41. The van der Waals surface area contributed by atoms with Crippen molar-refractivity contribution in [1.82, 2.24) is 4.90 Å². The largest absolute Gasteiger partial charge is 0.396 e. The number of nitrogens with zero attached hydrogens (tertiary/aromatic N) is 1. The monoisotopic (exact) mass is 781 g/mol. The van der Waals surface area contributed by atoms with Crippen molar-refractivity contribution in [2.75, 3.05) is 58.9 Å². The van der Waals surface area contributed by atoms with Crippen molar-refractivity contribution >= 4 is 21.7 Å². The first kappa shape index (κ1) is 47.1. The van der Waals surface area contributed by atoms with Crippen LogP contribution in [0.5, 0.6) is 0 Å². The second-order valence-electron chi connectivity index (χ2n) is 13.3. The molecule has 2 N–H and O–H groups in total. The molecule has 1 heterocycles. The minimum absolute atomic E-state index is 0.253. The second kappa shape index (κ2) is 31.2. The van der Waals surface area contributed by atoms with Gasteiger partial charge in [0.05, 0.1) is 12.9 Å². The zero-order valence-corrected chi connectivity index (χ0v) is 33.9. The Kier molecular flexibility index (Phi) is 27.2. The van der Waals surface area contributed by atoms with Crippen LogP contribution in [0.2, 0.25) is 5.02 Å². The van der Waals surface area contributed by atoms with Gasteiger partial charge >= 0.3 is 0 Å². The number of ether oxygens (including phenoxy) is 1. The van der Waals surface area contributed by atoms with Gasteiger partial charge in [-0.1, -0.05) is 121 Å². The molecule has 298 valence electrons. The average molecular weight is 783 g/mol. The van der Waals surface area contributed by atoms with Gasteiger partial charge in [0.1, 0.15) is 0 Å². The van der Waals surface area contributed by atoms with Crippen LogP contribution in [0, 0.1) is 0 Å². The number of piperidine rings is 1. The van der Waals surface area contributed by atoms with Gasteiger partial charge in [0.2, 0.25) is 0 Å². The maximum Gasteiger partial charge on any atom is 0.264 e. The van der Waals surface area contributed by atoms with Crippen molar-refractivity contribution in [3.05, 3.63) is 143 Å². The van der Waals surface area contributed by atoms with Crippen molar-refractivity contribution in [3.8, 4) is 0 Å². The molecule has 5 rings (SSSR count). The third kappa shape index (κ3) is 26.7. The summed E-state index contributed by atoms with van der Waals surface area (Å²) in [4.78, 5) is 2.58. The normalized spacial score (nSPS) is 12.7. The molecule has 7 nitrogen and oxygen atoms in total. The Morgan fingerprint density at radius 1 is 0.556 bits per heavy atom. The van der Waals surface area contributed by atoms with Crippen LogP contribution in [0.3, 0.4) is 0 Å². The minimum Gasteiger partial charge on any atom is -0.396 e. The highest BCUT2D eigenvalue weighted by molar-refractivity contribution is 7.85. The Labute approximate surface area is 331 Å². The van der Waals surface area contributed by atoms with E-state index in [1.165, 1.54) is 67.6 Å². The number of likely N-dealkylation sites (tertiary alicyclic amines) is 1. The lowest BCUT2D eigenvalue weighted by molar-refractivity contribution is 0.115. The number of halogens is 1. The molecule has 1 saturated heterocycles. The highest BCUT2D eigenvalue weighted by atomic mass is 35.5. The van der Waals surface area contributed by atoms with Gasteiger partial charge in [-0.2, -0.15) is 8.42 Å². The van der Waals surface area contributed by atoms with E-state index in [-0.39, 0.29) is 19.8 Å². The molecular formula is C45H64ClNO6S. The van der Waals surface area contributed by atoms with Crippen molar-refractivity contribution in [3.63, 3.8) is 0 Å². The van der Waals surface area contributed by atoms with Crippen LogP contribution in [-0.2, 0) is 44.7 Å². The van der Waals surface area contributed by atoms with E-state index in [2.05, 4.69) is 51.5 Å². The molecule has 1 aliphatic rings. The van der Waals surface area contributed by atoms with Crippen molar-refractivity contribution < 1.29 is 27.6 Å². The first-order valence-corrected chi connectivity index (χ1v) is 21.7. The second-order valence-corrected chi connectivity index (χ2v) is 15.4. The van der Waals surface area contributed by atoms with Gasteiger partial charge in [0.25, 0.3) is 10.1 Å². The van der Waals surface area contributed by atoms with Crippen LogP contribution in [0.15, 0.2) is 115 Å². The number of hydrogen-bond acceptors (Lipinski definition) is 7. The molecular weight excluding hydrogens is 718 g/mol. The topological polar surface area (TPSA) is 96.3 Å². The maximum absolute atomic E-state index is 10.6. The van der Waals surface area contributed by atoms with E-state index >= 15 is 0 Å². The molecule has 1 aliphatic heterocycles. The molecule has 1 fully saturated rings. The van der Waals surface area contributed by atoms with Crippen LogP contribution in [0.1, 0.15) is 73.6 Å². The standard InChI is InChI=1S/C17H27NO.C10H14O3S.C9H11ClO.C9H12O/c1-3-9-17(10-4-1)11-7-15-19-16-8-14-18-12-5-2-6-13-18;1-14(11,12)13-9-5-8-10-6-3-2-4-7-10;10-9-5-3-8(4-6-9)2-1-7-11;10-8-4-7-9-5-2-1-3-6-9/h1,3-4,9-10H,2,5-8,11-16H2;2-4,6-7H,5,8-9H2,1H3;3-6,11H,1-2,7H2;1-3,5-6,10H,4,7-8H2. The molecule has 0 aromatic heterocycles. The molecule has 0 unspecified atom stereocenters. The zero-order valence-electron chi connectivity index (χ0n) is 32.4. The van der Waals surface area contributed by atoms with Gasteiger partial charge in [-0.3, -0.25) is 4.18 Å². The van der Waals surface area contributed by atoms with Gasteiger partial charge in [-0.15, -0.1) is 0 Å². The van der Waals surface area contributed by atoms with E-state index in [9.17, 15) is 8.42 Å². The predicted molar refractivity (Wildman–Crippen MR) is 225 cm³/mol. The summed E-state index contributed by atoms with van der Waals surface area (Å²) < 4.78 is 31.6. The molecule has 4 aromatic rings. The highest BCUT2D eigenvalue weighted by Crippen LogP contribution is 2.11. The summed E-state index contributed by atoms with van der Waals surface area (Å²) in [6.07, 6.45) is 13.9. The fourth-order valence-electron chi connectivity index (χ4n) is 5.69. The Morgan fingerprint density at radius 3 is 1.41 bits per heavy atom. The number of aliphatic hydroxyl groups is 2. The van der Waals surface area contributed by atoms with E-state index in [1.54, 1.807) is 0 Å². The molecule has 0 spiro atoms. The maximum atomic E-state index is 10.6. The summed E-state index contributed by atoms with van der Waals surface area (Å²) in [5, 5.41) is 17.8. The van der Waals surface area contributed by atoms with Gasteiger partial charge in [-0.05, 0) is 118 Å². The molecule has 0 saturated carbocycles. The van der Waals surface area contributed by atoms with E-state index in [0.29, 0.717) is 0 Å². The lowest BCUT2D eigenvalue weighted by Crippen LogP contribution is -2.31. The van der Waals surface area contributed by atoms with Crippen LogP contribution in [0.25, 0.3) is 0 Å². The fraction of sp³-hybridized carbons (Fsp3) is 0.467. The van der Waals surface area contributed by atoms with Crippen LogP contribution in [-0.4, -0.2) is 82.5 Å². The number of rotatable bonds is 19. The Hall–Kier alpha value is -3.08. The lowest BCUT2D eigenvalue weighted by Gasteiger charge is -2.26. The lowest BCUT2D eigenvalue weighted by atomic mass is 10.1. The van der Waals surface area contributed by atoms with E-state index in [4.69, 9.17) is 26.6 Å². The summed E-state index contributed by atoms with van der Waals surface area (Å²) in [6, 6.07) is 38.5. The molecule has 0 aliphatic carbocycles. The first-order chi connectivity index (χ1) is 26.3. The van der Waals surface area contributed by atoms with E-state index < -0.39 is 10.1 Å². The van der Waals surface area contributed by atoms with Crippen molar-refractivity contribution in [2.45, 2.75) is 77.0 Å². The molecule has 4 aromatic carbocycles. The summed E-state index contributed by atoms with van der Waals surface area (Å²) in [7, 11) is -3.28. The zero-order chi connectivity index (χ0) is 39.0. The number of aryl methyl sites for hydroxylation is 4. The first-order valence-electron chi connectivity index (χ1n) is 19.5. The van der Waals surface area contributed by atoms with E-state index in [0.717, 1.165) is 75.9 Å². The molecule has 0 bridgehead atoms. The summed E-state index contributed by atoms with van der Waals surface area (Å²) >= 11 is 5.70. The molecule has 0 radical (unpaired) electrons. The highest BCUT2D eigenvalue weighted by Gasteiger charge is 2.08. The van der Waals surface area contributed by atoms with Crippen LogP contribution >= 0.6 is 11.6 Å². The average Bonchev–Trinajstić information content (AvgIpc) is 3.20. The fourth-order valence-corrected chi connectivity index (χ4v) is 6.24. The smallest absolute Gasteiger partial charge is 0.264 e. The Balaban J connectivity index is 0.000000257. The quantitative estimate of drug-likeness (QED) is 0.0725. The minimum atomic E-state index is -3.28. The number of hydrogen-bond donors (Lipinski definition) is 2. The van der Waals surface area contributed by atoms with Gasteiger partial charge in [0.15, 0.2) is 0 Å². The SMILES string of the molecule is CS(=O)(=O)OCCCc1ccccc1.OCCCc1ccc(Cl)cc1.OCCCc1ccccc1.c1ccc(CCCOCCCN2CCCCC2)cc1. The number of aliphatic hydroxyl groups excluding tert-OH is 2. The molecule has 9 heteroatoms. The van der Waals surface area contributed by atoms with Gasteiger partial charge in [-0.25, -0.2) is 0 Å². The van der Waals surface area contributed by atoms with Gasteiger partial charge < -0.3 is 19.8 Å². The van der Waals surface area contributed by atoms with Gasteiger partial charge in [0, 0.05) is 38.0 Å². The third-order valence-electron chi connectivity index (χ3n) is 8.56. The van der Waals surface area contributed by atoms with Crippen LogP contribution < -0.4 is 0 Å².